The Hall–Kier alpha value is -3.29. The van der Waals surface area contributed by atoms with Crippen molar-refractivity contribution in [2.24, 2.45) is 5.10 Å². The SMILES string of the molecule is O=C(N/N=C\c1ccc([N+](=O)[O-])cc1)Nc1ccncc1. The lowest BCUT2D eigenvalue weighted by molar-refractivity contribution is -0.384. The van der Waals surface area contributed by atoms with Gasteiger partial charge in [0, 0.05) is 30.2 Å². The smallest absolute Gasteiger partial charge is 0.306 e. The maximum Gasteiger partial charge on any atom is 0.339 e. The minimum absolute atomic E-state index is 0.00413. The molecule has 0 bridgehead atoms. The lowest BCUT2D eigenvalue weighted by Gasteiger charge is -2.02. The second-order valence-electron chi connectivity index (χ2n) is 3.91. The van der Waals surface area contributed by atoms with E-state index in [4.69, 9.17) is 0 Å². The zero-order chi connectivity index (χ0) is 15.1. The molecule has 0 unspecified atom stereocenters. The Labute approximate surface area is 119 Å². The molecular weight excluding hydrogens is 274 g/mol. The highest BCUT2D eigenvalue weighted by molar-refractivity contribution is 5.90. The molecule has 0 aliphatic rings. The molecule has 0 saturated carbocycles. The summed E-state index contributed by atoms with van der Waals surface area (Å²) in [6, 6.07) is 8.56. The standard InChI is InChI=1S/C13H11N5O3/c19-13(16-11-5-7-14-8-6-11)17-15-9-10-1-3-12(4-2-10)18(20)21/h1-9H,(H2,14,16,17,19)/b15-9-. The first-order valence-electron chi connectivity index (χ1n) is 5.90. The summed E-state index contributed by atoms with van der Waals surface area (Å²) in [5, 5.41) is 16.8. The van der Waals surface area contributed by atoms with E-state index in [9.17, 15) is 14.9 Å². The number of benzene rings is 1. The Kier molecular flexibility index (Phi) is 4.54. The van der Waals surface area contributed by atoms with E-state index in [0.717, 1.165) is 0 Å². The third-order valence-corrected chi connectivity index (χ3v) is 2.42. The molecule has 106 valence electrons. The van der Waals surface area contributed by atoms with Crippen LogP contribution in [0.1, 0.15) is 5.56 Å². The minimum atomic E-state index is -0.501. The first kappa shape index (κ1) is 14.1. The quantitative estimate of drug-likeness (QED) is 0.509. The zero-order valence-corrected chi connectivity index (χ0v) is 10.8. The van der Waals surface area contributed by atoms with Crippen molar-refractivity contribution in [1.82, 2.24) is 10.4 Å². The minimum Gasteiger partial charge on any atom is -0.306 e. The Bertz CT molecular complexity index is 655. The molecule has 8 heteroatoms. The molecule has 2 aromatic rings. The number of nitrogens with zero attached hydrogens (tertiary/aromatic N) is 3. The van der Waals surface area contributed by atoms with Crippen LogP contribution in [-0.4, -0.2) is 22.2 Å². The predicted octanol–water partition coefficient (Wildman–Crippen LogP) is 2.15. The van der Waals surface area contributed by atoms with Crippen LogP contribution in [0.25, 0.3) is 0 Å². The summed E-state index contributed by atoms with van der Waals surface area (Å²) < 4.78 is 0. The molecule has 1 heterocycles. The van der Waals surface area contributed by atoms with Gasteiger partial charge in [-0.15, -0.1) is 0 Å². The van der Waals surface area contributed by atoms with Crippen LogP contribution < -0.4 is 10.7 Å². The second-order valence-corrected chi connectivity index (χ2v) is 3.91. The average molecular weight is 285 g/mol. The number of aromatic nitrogens is 1. The highest BCUT2D eigenvalue weighted by Crippen LogP contribution is 2.10. The van der Waals surface area contributed by atoms with Gasteiger partial charge in [-0.05, 0) is 29.8 Å². The van der Waals surface area contributed by atoms with Crippen molar-refractivity contribution < 1.29 is 9.72 Å². The molecule has 1 aromatic carbocycles. The molecule has 0 aliphatic carbocycles. The lowest BCUT2D eigenvalue weighted by atomic mass is 10.2. The van der Waals surface area contributed by atoms with Gasteiger partial charge in [-0.25, -0.2) is 10.2 Å². The maximum absolute atomic E-state index is 11.5. The third kappa shape index (κ3) is 4.39. The largest absolute Gasteiger partial charge is 0.339 e. The third-order valence-electron chi connectivity index (χ3n) is 2.42. The normalized spacial score (nSPS) is 10.3. The number of pyridine rings is 1. The molecular formula is C13H11N5O3. The topological polar surface area (TPSA) is 110 Å². The summed E-state index contributed by atoms with van der Waals surface area (Å²) in [6.45, 7) is 0. The van der Waals surface area contributed by atoms with Gasteiger partial charge in [0.05, 0.1) is 11.1 Å². The number of rotatable bonds is 4. The molecule has 21 heavy (non-hydrogen) atoms. The van der Waals surface area contributed by atoms with Crippen LogP contribution >= 0.6 is 0 Å². The van der Waals surface area contributed by atoms with E-state index in [1.54, 1.807) is 24.5 Å². The van der Waals surface area contributed by atoms with E-state index < -0.39 is 11.0 Å². The number of nitro benzene ring substituents is 1. The fourth-order valence-electron chi connectivity index (χ4n) is 1.44. The fraction of sp³-hybridized carbons (Fsp3) is 0. The lowest BCUT2D eigenvalue weighted by Crippen LogP contribution is -2.24. The van der Waals surface area contributed by atoms with E-state index in [2.05, 4.69) is 20.8 Å². The van der Waals surface area contributed by atoms with Gasteiger partial charge in [-0.3, -0.25) is 15.1 Å². The molecule has 8 nitrogen and oxygen atoms in total. The van der Waals surface area contributed by atoms with Crippen LogP contribution in [0.15, 0.2) is 53.9 Å². The zero-order valence-electron chi connectivity index (χ0n) is 10.8. The monoisotopic (exact) mass is 285 g/mol. The van der Waals surface area contributed by atoms with Crippen molar-refractivity contribution in [3.63, 3.8) is 0 Å². The van der Waals surface area contributed by atoms with E-state index in [-0.39, 0.29) is 5.69 Å². The second kappa shape index (κ2) is 6.75. The van der Waals surface area contributed by atoms with Crippen molar-refractivity contribution >= 4 is 23.6 Å². The Balaban J connectivity index is 1.87. The number of carbonyl (C=O) groups excluding carboxylic acids is 1. The van der Waals surface area contributed by atoms with Crippen LogP contribution in [0.4, 0.5) is 16.2 Å². The highest BCUT2D eigenvalue weighted by Gasteiger charge is 2.02. The Morgan fingerprint density at radius 2 is 1.86 bits per heavy atom. The molecule has 0 saturated heterocycles. The molecule has 0 fully saturated rings. The number of nitrogens with one attached hydrogen (secondary N) is 2. The number of carbonyl (C=O) groups is 1. The van der Waals surface area contributed by atoms with E-state index in [1.165, 1.54) is 30.5 Å². The van der Waals surface area contributed by atoms with Gasteiger partial charge in [0.25, 0.3) is 5.69 Å². The molecule has 2 rings (SSSR count). The van der Waals surface area contributed by atoms with Crippen molar-refractivity contribution in [3.05, 3.63) is 64.5 Å². The van der Waals surface area contributed by atoms with Crippen LogP contribution in [0.3, 0.4) is 0 Å². The van der Waals surface area contributed by atoms with E-state index in [0.29, 0.717) is 11.3 Å². The fourth-order valence-corrected chi connectivity index (χ4v) is 1.44. The molecule has 2 N–H and O–H groups in total. The van der Waals surface area contributed by atoms with Gasteiger partial charge < -0.3 is 5.32 Å². The first-order valence-corrected chi connectivity index (χ1v) is 5.90. The van der Waals surface area contributed by atoms with Crippen LogP contribution in [0.2, 0.25) is 0 Å². The molecule has 1 aromatic heterocycles. The highest BCUT2D eigenvalue weighted by atomic mass is 16.6. The van der Waals surface area contributed by atoms with E-state index in [1.807, 2.05) is 0 Å². The van der Waals surface area contributed by atoms with E-state index >= 15 is 0 Å². The van der Waals surface area contributed by atoms with Gasteiger partial charge in [0.1, 0.15) is 0 Å². The molecule has 0 atom stereocenters. The van der Waals surface area contributed by atoms with Gasteiger partial charge in [-0.2, -0.15) is 5.10 Å². The average Bonchev–Trinajstić information content (AvgIpc) is 2.49. The summed E-state index contributed by atoms with van der Waals surface area (Å²) in [7, 11) is 0. The Morgan fingerprint density at radius 3 is 2.48 bits per heavy atom. The van der Waals surface area contributed by atoms with Crippen molar-refractivity contribution in [2.75, 3.05) is 5.32 Å². The van der Waals surface area contributed by atoms with Crippen LogP contribution in [0.5, 0.6) is 0 Å². The molecule has 0 aliphatic heterocycles. The van der Waals surface area contributed by atoms with Crippen molar-refractivity contribution in [2.45, 2.75) is 0 Å². The van der Waals surface area contributed by atoms with Gasteiger partial charge >= 0.3 is 6.03 Å². The Morgan fingerprint density at radius 1 is 1.19 bits per heavy atom. The number of hydrogen-bond acceptors (Lipinski definition) is 5. The van der Waals surface area contributed by atoms with Gasteiger partial charge in [-0.1, -0.05) is 0 Å². The van der Waals surface area contributed by atoms with Crippen molar-refractivity contribution in [1.29, 1.82) is 0 Å². The molecule has 2 amide bonds. The molecule has 0 radical (unpaired) electrons. The summed E-state index contributed by atoms with van der Waals surface area (Å²) in [6.07, 6.45) is 4.49. The van der Waals surface area contributed by atoms with Crippen molar-refractivity contribution in [3.8, 4) is 0 Å². The number of urea groups is 1. The summed E-state index contributed by atoms with van der Waals surface area (Å²) in [5.74, 6) is 0. The van der Waals surface area contributed by atoms with Crippen LogP contribution in [0, 0.1) is 10.1 Å². The predicted molar refractivity (Wildman–Crippen MR) is 77.1 cm³/mol. The summed E-state index contributed by atoms with van der Waals surface area (Å²) in [4.78, 5) is 25.3. The molecule has 0 spiro atoms. The number of hydrogen-bond donors (Lipinski definition) is 2. The van der Waals surface area contributed by atoms with Gasteiger partial charge in [0.15, 0.2) is 0 Å². The number of amides is 2. The number of nitro groups is 1. The number of hydrazone groups is 1. The van der Waals surface area contributed by atoms with Crippen LogP contribution in [-0.2, 0) is 0 Å². The maximum atomic E-state index is 11.5. The summed E-state index contributed by atoms with van der Waals surface area (Å²) >= 11 is 0. The number of non-ortho nitro benzene ring substituents is 1. The number of anilines is 1. The first-order chi connectivity index (χ1) is 10.1. The van der Waals surface area contributed by atoms with Gasteiger partial charge in [0.2, 0.25) is 0 Å². The summed E-state index contributed by atoms with van der Waals surface area (Å²) in [5.41, 5.74) is 3.50.